The third kappa shape index (κ3) is 3.83. The van der Waals surface area contributed by atoms with Crippen LogP contribution in [0.15, 0.2) is 45.0 Å². The molecule has 98 valence electrons. The Balaban J connectivity index is 2.01. The van der Waals surface area contributed by atoms with Gasteiger partial charge in [0.2, 0.25) is 0 Å². The second kappa shape index (κ2) is 6.75. The highest BCUT2D eigenvalue weighted by Crippen LogP contribution is 2.25. The standard InChI is InChI=1S/C13H11ClN2OS2/c1-18-13-10(5-6-19-13)8-15-16-12(17)9-3-2-4-11(14)7-9/h2-8H,1H3,(H,16,17). The van der Waals surface area contributed by atoms with Gasteiger partial charge in [-0.15, -0.1) is 23.1 Å². The average Bonchev–Trinajstić information content (AvgIpc) is 2.86. The van der Waals surface area contributed by atoms with Gasteiger partial charge in [0.1, 0.15) is 0 Å². The number of halogens is 1. The van der Waals surface area contributed by atoms with E-state index in [0.29, 0.717) is 10.6 Å². The number of thioether (sulfide) groups is 1. The molecule has 0 aliphatic heterocycles. The number of amides is 1. The first kappa shape index (κ1) is 14.1. The van der Waals surface area contributed by atoms with Gasteiger partial charge < -0.3 is 0 Å². The van der Waals surface area contributed by atoms with Crippen LogP contribution in [0.5, 0.6) is 0 Å². The minimum Gasteiger partial charge on any atom is -0.267 e. The van der Waals surface area contributed by atoms with E-state index in [9.17, 15) is 4.79 Å². The molecule has 3 nitrogen and oxygen atoms in total. The van der Waals surface area contributed by atoms with Crippen LogP contribution in [0.25, 0.3) is 0 Å². The van der Waals surface area contributed by atoms with E-state index in [1.807, 2.05) is 17.7 Å². The van der Waals surface area contributed by atoms with Crippen molar-refractivity contribution in [3.63, 3.8) is 0 Å². The zero-order valence-electron chi connectivity index (χ0n) is 10.1. The zero-order chi connectivity index (χ0) is 13.7. The van der Waals surface area contributed by atoms with Crippen molar-refractivity contribution in [3.8, 4) is 0 Å². The lowest BCUT2D eigenvalue weighted by Crippen LogP contribution is -2.17. The van der Waals surface area contributed by atoms with Crippen molar-refractivity contribution in [3.05, 3.63) is 51.9 Å². The Hall–Kier alpha value is -1.30. The molecule has 0 aliphatic carbocycles. The maximum absolute atomic E-state index is 11.8. The number of carbonyl (C=O) groups is 1. The average molecular weight is 311 g/mol. The molecule has 0 radical (unpaired) electrons. The summed E-state index contributed by atoms with van der Waals surface area (Å²) in [5.41, 5.74) is 3.97. The van der Waals surface area contributed by atoms with Gasteiger partial charge in [-0.05, 0) is 35.9 Å². The van der Waals surface area contributed by atoms with Crippen LogP contribution in [-0.2, 0) is 0 Å². The predicted octanol–water partition coefficient (Wildman–Crippen LogP) is 3.89. The summed E-state index contributed by atoms with van der Waals surface area (Å²) in [4.78, 5) is 11.8. The number of rotatable bonds is 4. The molecule has 1 aromatic heterocycles. The number of hydrogen-bond donors (Lipinski definition) is 1. The molecule has 0 bridgehead atoms. The van der Waals surface area contributed by atoms with E-state index in [0.717, 1.165) is 5.56 Å². The fourth-order valence-electron chi connectivity index (χ4n) is 1.42. The molecular weight excluding hydrogens is 300 g/mol. The fourth-order valence-corrected chi connectivity index (χ4v) is 3.11. The Labute approximate surface area is 124 Å². The monoisotopic (exact) mass is 310 g/mol. The van der Waals surface area contributed by atoms with E-state index >= 15 is 0 Å². The Kier molecular flexibility index (Phi) is 5.01. The van der Waals surface area contributed by atoms with Gasteiger partial charge in [-0.3, -0.25) is 4.79 Å². The molecule has 0 aliphatic rings. The van der Waals surface area contributed by atoms with E-state index in [4.69, 9.17) is 11.6 Å². The minimum absolute atomic E-state index is 0.278. The van der Waals surface area contributed by atoms with Crippen LogP contribution in [0.3, 0.4) is 0 Å². The van der Waals surface area contributed by atoms with Crippen LogP contribution in [-0.4, -0.2) is 18.4 Å². The highest BCUT2D eigenvalue weighted by Gasteiger charge is 2.04. The first-order valence-electron chi connectivity index (χ1n) is 5.41. The molecule has 2 aromatic rings. The topological polar surface area (TPSA) is 41.5 Å². The van der Waals surface area contributed by atoms with Gasteiger partial charge in [0.15, 0.2) is 0 Å². The maximum atomic E-state index is 11.8. The number of benzene rings is 1. The molecular formula is C13H11ClN2OS2. The Morgan fingerprint density at radius 1 is 1.47 bits per heavy atom. The highest BCUT2D eigenvalue weighted by molar-refractivity contribution is 8.00. The molecule has 6 heteroatoms. The molecule has 1 N–H and O–H groups in total. The molecule has 0 saturated carbocycles. The largest absolute Gasteiger partial charge is 0.271 e. The highest BCUT2D eigenvalue weighted by atomic mass is 35.5. The van der Waals surface area contributed by atoms with E-state index in [-0.39, 0.29) is 5.91 Å². The number of carbonyl (C=O) groups excluding carboxylic acids is 1. The summed E-state index contributed by atoms with van der Waals surface area (Å²) in [6, 6.07) is 8.70. The number of hydrazone groups is 1. The third-order valence-corrected chi connectivity index (χ3v) is 4.65. The number of hydrogen-bond acceptors (Lipinski definition) is 4. The summed E-state index contributed by atoms with van der Waals surface area (Å²) in [6.07, 6.45) is 3.65. The molecule has 0 unspecified atom stereocenters. The smallest absolute Gasteiger partial charge is 0.267 e. The van der Waals surface area contributed by atoms with E-state index in [1.165, 1.54) is 4.21 Å². The van der Waals surface area contributed by atoms with Gasteiger partial charge in [0, 0.05) is 16.1 Å². The van der Waals surface area contributed by atoms with Gasteiger partial charge in [-0.1, -0.05) is 17.7 Å². The SMILES string of the molecule is CSc1sccc1C=NNC(=O)c1cccc(Cl)c1. The lowest BCUT2D eigenvalue weighted by Gasteiger charge is -2.00. The van der Waals surface area contributed by atoms with Crippen molar-refractivity contribution in [2.24, 2.45) is 5.10 Å². The predicted molar refractivity (Wildman–Crippen MR) is 82.6 cm³/mol. The first-order valence-corrected chi connectivity index (χ1v) is 7.89. The molecule has 19 heavy (non-hydrogen) atoms. The Bertz CT molecular complexity index is 610. The lowest BCUT2D eigenvalue weighted by atomic mass is 10.2. The van der Waals surface area contributed by atoms with Crippen LogP contribution < -0.4 is 5.43 Å². The molecule has 1 amide bonds. The Morgan fingerprint density at radius 2 is 2.32 bits per heavy atom. The number of nitrogens with one attached hydrogen (secondary N) is 1. The van der Waals surface area contributed by atoms with Gasteiger partial charge >= 0.3 is 0 Å². The third-order valence-electron chi connectivity index (χ3n) is 2.30. The van der Waals surface area contributed by atoms with Gasteiger partial charge in [-0.2, -0.15) is 5.10 Å². The van der Waals surface area contributed by atoms with Gasteiger partial charge in [0.25, 0.3) is 5.91 Å². The molecule has 1 heterocycles. The molecule has 0 saturated heterocycles. The van der Waals surface area contributed by atoms with E-state index in [1.54, 1.807) is 53.6 Å². The quantitative estimate of drug-likeness (QED) is 0.529. The lowest BCUT2D eigenvalue weighted by molar-refractivity contribution is 0.0955. The molecule has 0 spiro atoms. The summed E-state index contributed by atoms with van der Waals surface area (Å²) >= 11 is 9.13. The van der Waals surface area contributed by atoms with Crippen molar-refractivity contribution in [2.75, 3.05) is 6.26 Å². The van der Waals surface area contributed by atoms with Crippen molar-refractivity contribution in [1.29, 1.82) is 0 Å². The van der Waals surface area contributed by atoms with Crippen molar-refractivity contribution in [1.82, 2.24) is 5.43 Å². The van der Waals surface area contributed by atoms with Crippen molar-refractivity contribution >= 4 is 46.8 Å². The number of nitrogens with zero attached hydrogens (tertiary/aromatic N) is 1. The van der Waals surface area contributed by atoms with Gasteiger partial charge in [0.05, 0.1) is 10.4 Å². The van der Waals surface area contributed by atoms with Crippen LogP contribution in [0.1, 0.15) is 15.9 Å². The molecule has 1 aromatic carbocycles. The molecule has 0 fully saturated rings. The van der Waals surface area contributed by atoms with Gasteiger partial charge in [-0.25, -0.2) is 5.43 Å². The summed E-state index contributed by atoms with van der Waals surface area (Å²) < 4.78 is 1.17. The van der Waals surface area contributed by atoms with Crippen molar-refractivity contribution < 1.29 is 4.79 Å². The summed E-state index contributed by atoms with van der Waals surface area (Å²) in [5, 5.41) is 6.47. The zero-order valence-corrected chi connectivity index (χ0v) is 12.5. The molecule has 0 atom stereocenters. The van der Waals surface area contributed by atoms with Crippen LogP contribution in [0, 0.1) is 0 Å². The normalized spacial score (nSPS) is 10.8. The minimum atomic E-state index is -0.278. The van der Waals surface area contributed by atoms with Crippen molar-refractivity contribution in [2.45, 2.75) is 4.21 Å². The second-order valence-corrected chi connectivity index (χ2v) is 6.00. The molecule has 2 rings (SSSR count). The maximum Gasteiger partial charge on any atom is 0.271 e. The van der Waals surface area contributed by atoms with Crippen LogP contribution in [0.2, 0.25) is 5.02 Å². The van der Waals surface area contributed by atoms with Crippen LogP contribution in [0.4, 0.5) is 0 Å². The van der Waals surface area contributed by atoms with E-state index in [2.05, 4.69) is 10.5 Å². The summed E-state index contributed by atoms with van der Waals surface area (Å²) in [6.45, 7) is 0. The number of thiophene rings is 1. The Morgan fingerprint density at radius 3 is 3.05 bits per heavy atom. The second-order valence-electron chi connectivity index (χ2n) is 3.58. The summed E-state index contributed by atoms with van der Waals surface area (Å²) in [7, 11) is 0. The van der Waals surface area contributed by atoms with Crippen LogP contribution >= 0.6 is 34.7 Å². The summed E-state index contributed by atoms with van der Waals surface area (Å²) in [5.74, 6) is -0.278. The first-order chi connectivity index (χ1) is 9.20. The van der Waals surface area contributed by atoms with E-state index < -0.39 is 0 Å². The fraction of sp³-hybridized carbons (Fsp3) is 0.0769.